The van der Waals surface area contributed by atoms with Gasteiger partial charge in [0.05, 0.1) is 12.2 Å². The molecule has 1 aromatic rings. The molecule has 3 N–H and O–H groups in total. The molecule has 0 bridgehead atoms. The van der Waals surface area contributed by atoms with Crippen LogP contribution in [0, 0.1) is 5.82 Å². The molecule has 126 valence electrons. The van der Waals surface area contributed by atoms with Gasteiger partial charge in [-0.3, -0.25) is 9.69 Å². The standard InChI is InChI=1S/C15H19BrFN3O3/c1-2-20(8-14(21)22)11-6-10(7-11)18-15(23)19-13-5-9(16)3-4-12(13)17/h3-5,10-11H,2,6-8H2,1H3,(H,21,22)(H2,18,19,23). The molecular weight excluding hydrogens is 369 g/mol. The van der Waals surface area contributed by atoms with E-state index in [1.165, 1.54) is 12.1 Å². The summed E-state index contributed by atoms with van der Waals surface area (Å²) in [6.45, 7) is 2.56. The number of carboxylic acid groups (broad SMARTS) is 1. The highest BCUT2D eigenvalue weighted by atomic mass is 79.9. The number of carboxylic acids is 1. The summed E-state index contributed by atoms with van der Waals surface area (Å²) in [5, 5.41) is 14.1. The van der Waals surface area contributed by atoms with Gasteiger partial charge in [0.25, 0.3) is 0 Å². The Morgan fingerprint density at radius 3 is 2.74 bits per heavy atom. The molecule has 0 spiro atoms. The fourth-order valence-corrected chi connectivity index (χ4v) is 2.97. The Morgan fingerprint density at radius 1 is 1.43 bits per heavy atom. The number of halogens is 2. The van der Waals surface area contributed by atoms with Crippen molar-refractivity contribution in [1.82, 2.24) is 10.2 Å². The predicted molar refractivity (Wildman–Crippen MR) is 87.9 cm³/mol. The first-order valence-corrected chi connectivity index (χ1v) is 8.16. The zero-order valence-electron chi connectivity index (χ0n) is 12.7. The normalized spacial score (nSPS) is 20.0. The summed E-state index contributed by atoms with van der Waals surface area (Å²) in [6, 6.07) is 3.97. The number of anilines is 1. The molecule has 23 heavy (non-hydrogen) atoms. The molecule has 0 unspecified atom stereocenters. The summed E-state index contributed by atoms with van der Waals surface area (Å²) < 4.78 is 14.2. The molecule has 2 amide bonds. The first-order valence-electron chi connectivity index (χ1n) is 7.37. The largest absolute Gasteiger partial charge is 0.480 e. The molecule has 0 saturated heterocycles. The van der Waals surface area contributed by atoms with E-state index in [9.17, 15) is 14.0 Å². The number of rotatable bonds is 6. The molecule has 1 aliphatic carbocycles. The topological polar surface area (TPSA) is 81.7 Å². The van der Waals surface area contributed by atoms with E-state index in [0.29, 0.717) is 23.9 Å². The molecule has 0 heterocycles. The maximum atomic E-state index is 13.6. The van der Waals surface area contributed by atoms with E-state index in [-0.39, 0.29) is 24.3 Å². The molecular formula is C15H19BrFN3O3. The lowest BCUT2D eigenvalue weighted by Gasteiger charge is -2.42. The highest BCUT2D eigenvalue weighted by Gasteiger charge is 2.34. The van der Waals surface area contributed by atoms with Crippen LogP contribution in [-0.4, -0.2) is 47.2 Å². The quantitative estimate of drug-likeness (QED) is 0.700. The second-order valence-corrected chi connectivity index (χ2v) is 6.42. The summed E-state index contributed by atoms with van der Waals surface area (Å²) in [5.41, 5.74) is 0.105. The summed E-state index contributed by atoms with van der Waals surface area (Å²) in [4.78, 5) is 24.5. The molecule has 1 saturated carbocycles. The van der Waals surface area contributed by atoms with Crippen molar-refractivity contribution in [3.63, 3.8) is 0 Å². The van der Waals surface area contributed by atoms with Gasteiger partial charge in [-0.25, -0.2) is 9.18 Å². The lowest BCUT2D eigenvalue weighted by Crippen LogP contribution is -2.55. The third kappa shape index (κ3) is 4.90. The van der Waals surface area contributed by atoms with Crippen LogP contribution in [0.1, 0.15) is 19.8 Å². The van der Waals surface area contributed by atoms with Gasteiger partial charge in [0.1, 0.15) is 5.82 Å². The molecule has 0 aliphatic heterocycles. The van der Waals surface area contributed by atoms with Crippen molar-refractivity contribution in [3.8, 4) is 0 Å². The minimum absolute atomic E-state index is 0.00331. The molecule has 1 aromatic carbocycles. The van der Waals surface area contributed by atoms with Gasteiger partial charge >= 0.3 is 12.0 Å². The fourth-order valence-electron chi connectivity index (χ4n) is 2.61. The molecule has 0 radical (unpaired) electrons. The molecule has 2 rings (SSSR count). The zero-order chi connectivity index (χ0) is 17.0. The van der Waals surface area contributed by atoms with Gasteiger partial charge in [0.15, 0.2) is 0 Å². The first-order chi connectivity index (χ1) is 10.9. The highest BCUT2D eigenvalue weighted by Crippen LogP contribution is 2.26. The Hall–Kier alpha value is -1.67. The molecule has 0 atom stereocenters. The van der Waals surface area contributed by atoms with Crippen LogP contribution >= 0.6 is 15.9 Å². The molecule has 1 fully saturated rings. The number of hydrogen-bond donors (Lipinski definition) is 3. The fraction of sp³-hybridized carbons (Fsp3) is 0.467. The minimum Gasteiger partial charge on any atom is -0.480 e. The average molecular weight is 388 g/mol. The van der Waals surface area contributed by atoms with Crippen LogP contribution in [-0.2, 0) is 4.79 Å². The lowest BCUT2D eigenvalue weighted by atomic mass is 9.85. The number of urea groups is 1. The van der Waals surface area contributed by atoms with Crippen molar-refractivity contribution in [2.75, 3.05) is 18.4 Å². The number of benzene rings is 1. The van der Waals surface area contributed by atoms with Gasteiger partial charge in [0, 0.05) is 16.6 Å². The van der Waals surface area contributed by atoms with E-state index in [1.54, 1.807) is 6.07 Å². The van der Waals surface area contributed by atoms with Crippen molar-refractivity contribution in [2.45, 2.75) is 31.8 Å². The maximum Gasteiger partial charge on any atom is 0.319 e. The summed E-state index contributed by atoms with van der Waals surface area (Å²) in [5.74, 6) is -1.36. The summed E-state index contributed by atoms with van der Waals surface area (Å²) in [6.07, 6.45) is 1.38. The third-order valence-corrected chi connectivity index (χ3v) is 4.38. The van der Waals surface area contributed by atoms with E-state index in [2.05, 4.69) is 26.6 Å². The Labute approximate surface area is 142 Å². The Kier molecular flexibility index (Phi) is 5.95. The van der Waals surface area contributed by atoms with Gasteiger partial charge < -0.3 is 15.7 Å². The zero-order valence-corrected chi connectivity index (χ0v) is 14.3. The number of likely N-dealkylation sites (N-methyl/N-ethyl adjacent to an activating group) is 1. The van der Waals surface area contributed by atoms with Gasteiger partial charge in [0.2, 0.25) is 0 Å². The maximum absolute atomic E-state index is 13.6. The molecule has 8 heteroatoms. The molecule has 0 aromatic heterocycles. The monoisotopic (exact) mass is 387 g/mol. The van der Waals surface area contributed by atoms with E-state index in [1.807, 2.05) is 11.8 Å². The van der Waals surface area contributed by atoms with Gasteiger partial charge in [-0.15, -0.1) is 0 Å². The van der Waals surface area contributed by atoms with Crippen molar-refractivity contribution < 1.29 is 19.1 Å². The van der Waals surface area contributed by atoms with Crippen LogP contribution in [0.2, 0.25) is 0 Å². The number of amides is 2. The predicted octanol–water partition coefficient (Wildman–Crippen LogP) is 2.65. The van der Waals surface area contributed by atoms with Crippen LogP contribution in [0.25, 0.3) is 0 Å². The number of hydrogen-bond acceptors (Lipinski definition) is 3. The number of nitrogens with zero attached hydrogens (tertiary/aromatic N) is 1. The van der Waals surface area contributed by atoms with Crippen molar-refractivity contribution in [1.29, 1.82) is 0 Å². The van der Waals surface area contributed by atoms with Crippen molar-refractivity contribution >= 4 is 33.6 Å². The van der Waals surface area contributed by atoms with Gasteiger partial charge in [-0.1, -0.05) is 22.9 Å². The number of carbonyl (C=O) groups is 2. The first kappa shape index (κ1) is 17.7. The Morgan fingerprint density at radius 2 is 2.13 bits per heavy atom. The summed E-state index contributed by atoms with van der Waals surface area (Å²) in [7, 11) is 0. The second kappa shape index (κ2) is 7.74. The Balaban J connectivity index is 1.80. The number of nitrogens with one attached hydrogen (secondary N) is 2. The van der Waals surface area contributed by atoms with E-state index >= 15 is 0 Å². The average Bonchev–Trinajstić information content (AvgIpc) is 2.44. The van der Waals surface area contributed by atoms with E-state index in [4.69, 9.17) is 5.11 Å². The van der Waals surface area contributed by atoms with E-state index < -0.39 is 17.8 Å². The van der Waals surface area contributed by atoms with Crippen LogP contribution in [0.5, 0.6) is 0 Å². The van der Waals surface area contributed by atoms with Crippen molar-refractivity contribution in [2.24, 2.45) is 0 Å². The second-order valence-electron chi connectivity index (χ2n) is 5.50. The van der Waals surface area contributed by atoms with Crippen LogP contribution < -0.4 is 10.6 Å². The third-order valence-electron chi connectivity index (χ3n) is 3.89. The van der Waals surface area contributed by atoms with E-state index in [0.717, 1.165) is 0 Å². The van der Waals surface area contributed by atoms with Gasteiger partial charge in [-0.05, 0) is 37.6 Å². The number of aliphatic carboxylic acids is 1. The SMILES string of the molecule is CCN(CC(=O)O)C1CC(NC(=O)Nc2cc(Br)ccc2F)C1. The van der Waals surface area contributed by atoms with Crippen LogP contribution in [0.4, 0.5) is 14.9 Å². The summed E-state index contributed by atoms with van der Waals surface area (Å²) >= 11 is 3.22. The van der Waals surface area contributed by atoms with Crippen LogP contribution in [0.3, 0.4) is 0 Å². The molecule has 1 aliphatic rings. The Bertz CT molecular complexity index is 593. The van der Waals surface area contributed by atoms with Crippen LogP contribution in [0.15, 0.2) is 22.7 Å². The minimum atomic E-state index is -0.855. The highest BCUT2D eigenvalue weighted by molar-refractivity contribution is 9.10. The van der Waals surface area contributed by atoms with Gasteiger partial charge in [-0.2, -0.15) is 0 Å². The molecule has 6 nitrogen and oxygen atoms in total. The van der Waals surface area contributed by atoms with Crippen molar-refractivity contribution in [3.05, 3.63) is 28.5 Å². The number of carbonyl (C=O) groups excluding carboxylic acids is 1. The lowest BCUT2D eigenvalue weighted by molar-refractivity contribution is -0.139. The smallest absolute Gasteiger partial charge is 0.319 e.